The van der Waals surface area contributed by atoms with Crippen molar-refractivity contribution >= 4 is 17.8 Å². The first-order valence-electron chi connectivity index (χ1n) is 6.30. The van der Waals surface area contributed by atoms with Crippen LogP contribution in [0.1, 0.15) is 30.4 Å². The molecule has 2 aromatic rings. The van der Waals surface area contributed by atoms with E-state index < -0.39 is 0 Å². The summed E-state index contributed by atoms with van der Waals surface area (Å²) in [6, 6.07) is 10.1. The highest BCUT2D eigenvalue weighted by atomic mass is 16.1. The molecule has 4 heteroatoms. The van der Waals surface area contributed by atoms with Crippen molar-refractivity contribution in [3.63, 3.8) is 0 Å². The maximum atomic E-state index is 11.7. The number of aromatic nitrogens is 2. The molecule has 0 saturated heterocycles. The normalized spacial score (nSPS) is 18.9. The van der Waals surface area contributed by atoms with E-state index in [1.807, 2.05) is 18.2 Å². The summed E-state index contributed by atoms with van der Waals surface area (Å²) in [7, 11) is 0. The third-order valence-electron chi connectivity index (χ3n) is 3.44. The summed E-state index contributed by atoms with van der Waals surface area (Å²) in [5, 5.41) is 9.64. The van der Waals surface area contributed by atoms with E-state index in [-0.39, 0.29) is 11.8 Å². The van der Waals surface area contributed by atoms with Crippen molar-refractivity contribution in [1.82, 2.24) is 10.2 Å². The van der Waals surface area contributed by atoms with Gasteiger partial charge in [-0.1, -0.05) is 42.0 Å². The van der Waals surface area contributed by atoms with E-state index in [0.29, 0.717) is 6.42 Å². The highest BCUT2D eigenvalue weighted by Crippen LogP contribution is 2.36. The molecule has 2 heterocycles. The molecule has 0 bridgehead atoms. The minimum atomic E-state index is 0.0301. The minimum Gasteiger partial charge on any atom is -0.311 e. The van der Waals surface area contributed by atoms with Gasteiger partial charge in [-0.3, -0.25) is 9.89 Å². The molecule has 19 heavy (non-hydrogen) atoms. The molecule has 0 radical (unpaired) electrons. The smallest absolute Gasteiger partial charge is 0.226 e. The van der Waals surface area contributed by atoms with E-state index in [1.165, 1.54) is 5.57 Å². The Hall–Kier alpha value is -2.36. The second-order valence-electron chi connectivity index (χ2n) is 4.80. The third-order valence-corrected chi connectivity index (χ3v) is 3.44. The molecular weight excluding hydrogens is 238 g/mol. The summed E-state index contributed by atoms with van der Waals surface area (Å²) in [5.74, 6) is 0.854. The number of nitrogens with one attached hydrogen (secondary N) is 2. The van der Waals surface area contributed by atoms with Crippen molar-refractivity contribution in [3.05, 3.63) is 53.2 Å². The lowest BCUT2D eigenvalue weighted by Gasteiger charge is -2.22. The second-order valence-corrected chi connectivity index (χ2v) is 4.80. The lowest BCUT2D eigenvalue weighted by Crippen LogP contribution is -2.22. The first kappa shape index (κ1) is 11.7. The van der Waals surface area contributed by atoms with Crippen LogP contribution in [0.4, 0.5) is 5.82 Å². The zero-order valence-corrected chi connectivity index (χ0v) is 10.7. The van der Waals surface area contributed by atoms with Crippen LogP contribution in [0.3, 0.4) is 0 Å². The molecule has 1 aromatic heterocycles. The van der Waals surface area contributed by atoms with Crippen LogP contribution in [-0.2, 0) is 4.79 Å². The number of benzene rings is 1. The molecule has 0 saturated carbocycles. The van der Waals surface area contributed by atoms with Crippen LogP contribution in [0.25, 0.3) is 6.08 Å². The van der Waals surface area contributed by atoms with Crippen LogP contribution in [-0.4, -0.2) is 16.1 Å². The number of carbonyl (C=O) groups is 1. The molecule has 1 unspecified atom stereocenters. The van der Waals surface area contributed by atoms with E-state index in [9.17, 15) is 4.79 Å². The molecule has 96 valence electrons. The summed E-state index contributed by atoms with van der Waals surface area (Å²) in [5.41, 5.74) is 3.38. The van der Waals surface area contributed by atoms with Gasteiger partial charge in [-0.25, -0.2) is 0 Å². The van der Waals surface area contributed by atoms with Crippen LogP contribution >= 0.6 is 0 Å². The molecule has 0 fully saturated rings. The number of allylic oxidation sites excluding steroid dienone is 1. The zero-order valence-electron chi connectivity index (χ0n) is 10.7. The van der Waals surface area contributed by atoms with Gasteiger partial charge in [-0.05, 0) is 12.5 Å². The predicted molar refractivity (Wildman–Crippen MR) is 74.7 cm³/mol. The lowest BCUT2D eigenvalue weighted by atomic mass is 9.87. The van der Waals surface area contributed by atoms with Crippen LogP contribution in [0.2, 0.25) is 0 Å². The number of hydrogen-bond donors (Lipinski definition) is 2. The van der Waals surface area contributed by atoms with Crippen molar-refractivity contribution in [2.45, 2.75) is 19.3 Å². The number of anilines is 1. The number of hydrogen-bond acceptors (Lipinski definition) is 2. The molecule has 4 nitrogen and oxygen atoms in total. The Bertz CT molecular complexity index is 628. The number of H-pyrrole nitrogens is 1. The van der Waals surface area contributed by atoms with Gasteiger partial charge in [0.15, 0.2) is 0 Å². The first-order valence-corrected chi connectivity index (χ1v) is 6.30. The fourth-order valence-corrected chi connectivity index (χ4v) is 2.46. The Morgan fingerprint density at radius 2 is 2.16 bits per heavy atom. The standard InChI is InChI=1S/C15H15N3O/c1-10(7-11-5-3-2-4-6-11)12-8-14(19)17-15-13(12)9-16-18-15/h2-7,9,12H,8H2,1H3,(H2,16,17,18,19). The van der Waals surface area contributed by atoms with E-state index in [0.717, 1.165) is 16.9 Å². The van der Waals surface area contributed by atoms with E-state index in [1.54, 1.807) is 6.20 Å². The zero-order chi connectivity index (χ0) is 13.2. The SMILES string of the molecule is CC(=Cc1ccccc1)C1CC(=O)Nc2[nH]ncc21. The Labute approximate surface area is 111 Å². The summed E-state index contributed by atoms with van der Waals surface area (Å²) in [4.78, 5) is 11.7. The number of aromatic amines is 1. The van der Waals surface area contributed by atoms with Gasteiger partial charge >= 0.3 is 0 Å². The fraction of sp³-hybridized carbons (Fsp3) is 0.200. The predicted octanol–water partition coefficient (Wildman–Crippen LogP) is 2.94. The lowest BCUT2D eigenvalue weighted by molar-refractivity contribution is -0.116. The van der Waals surface area contributed by atoms with Gasteiger partial charge in [0, 0.05) is 17.9 Å². The number of rotatable bonds is 2. The molecule has 1 aromatic carbocycles. The van der Waals surface area contributed by atoms with Gasteiger partial charge in [0.1, 0.15) is 5.82 Å². The van der Waals surface area contributed by atoms with Gasteiger partial charge in [0.25, 0.3) is 0 Å². The summed E-state index contributed by atoms with van der Waals surface area (Å²) in [6.07, 6.45) is 4.39. The number of nitrogens with zero attached hydrogens (tertiary/aromatic N) is 1. The van der Waals surface area contributed by atoms with Crippen LogP contribution in [0.15, 0.2) is 42.1 Å². The summed E-state index contributed by atoms with van der Waals surface area (Å²) in [6.45, 7) is 2.06. The highest BCUT2D eigenvalue weighted by Gasteiger charge is 2.27. The maximum Gasteiger partial charge on any atom is 0.226 e. The molecule has 1 aliphatic rings. The van der Waals surface area contributed by atoms with Crippen molar-refractivity contribution in [2.75, 3.05) is 5.32 Å². The highest BCUT2D eigenvalue weighted by molar-refractivity contribution is 5.94. The molecule has 1 aliphatic heterocycles. The molecule has 2 N–H and O–H groups in total. The molecule has 0 aliphatic carbocycles. The third kappa shape index (κ3) is 2.29. The quantitative estimate of drug-likeness (QED) is 0.864. The molecule has 3 rings (SSSR count). The average Bonchev–Trinajstić information content (AvgIpc) is 2.86. The van der Waals surface area contributed by atoms with Crippen molar-refractivity contribution < 1.29 is 4.79 Å². The van der Waals surface area contributed by atoms with Gasteiger partial charge in [-0.15, -0.1) is 0 Å². The maximum absolute atomic E-state index is 11.7. The Kier molecular flexibility index (Phi) is 2.91. The molecule has 0 spiro atoms. The van der Waals surface area contributed by atoms with Crippen LogP contribution in [0.5, 0.6) is 0 Å². The van der Waals surface area contributed by atoms with E-state index >= 15 is 0 Å². The summed E-state index contributed by atoms with van der Waals surface area (Å²) >= 11 is 0. The van der Waals surface area contributed by atoms with E-state index in [2.05, 4.69) is 40.6 Å². The Balaban J connectivity index is 1.95. The number of amides is 1. The largest absolute Gasteiger partial charge is 0.311 e. The Morgan fingerprint density at radius 1 is 1.37 bits per heavy atom. The van der Waals surface area contributed by atoms with Crippen molar-refractivity contribution in [2.24, 2.45) is 0 Å². The topological polar surface area (TPSA) is 57.8 Å². The molecule has 1 atom stereocenters. The fourth-order valence-electron chi connectivity index (χ4n) is 2.46. The van der Waals surface area contributed by atoms with Crippen molar-refractivity contribution in [1.29, 1.82) is 0 Å². The average molecular weight is 253 g/mol. The molecule has 1 amide bonds. The second kappa shape index (κ2) is 4.72. The van der Waals surface area contributed by atoms with Crippen LogP contribution < -0.4 is 5.32 Å². The Morgan fingerprint density at radius 3 is 2.95 bits per heavy atom. The van der Waals surface area contributed by atoms with Gasteiger partial charge in [-0.2, -0.15) is 5.10 Å². The number of fused-ring (bicyclic) bond motifs is 1. The molecular formula is C15H15N3O. The van der Waals surface area contributed by atoms with Gasteiger partial charge in [0.2, 0.25) is 5.91 Å². The first-order chi connectivity index (χ1) is 9.24. The van der Waals surface area contributed by atoms with Gasteiger partial charge < -0.3 is 5.32 Å². The van der Waals surface area contributed by atoms with Gasteiger partial charge in [0.05, 0.1) is 6.20 Å². The van der Waals surface area contributed by atoms with Crippen molar-refractivity contribution in [3.8, 4) is 0 Å². The number of carbonyl (C=O) groups excluding carboxylic acids is 1. The summed E-state index contributed by atoms with van der Waals surface area (Å²) < 4.78 is 0. The van der Waals surface area contributed by atoms with Crippen LogP contribution in [0, 0.1) is 0 Å². The monoisotopic (exact) mass is 253 g/mol. The minimum absolute atomic E-state index is 0.0301. The van der Waals surface area contributed by atoms with E-state index in [4.69, 9.17) is 0 Å².